The maximum Gasteiger partial charge on any atom is 0.232 e. The second-order valence-electron chi connectivity index (χ2n) is 8.36. The lowest BCUT2D eigenvalue weighted by Gasteiger charge is -2.17. The molecule has 30 heavy (non-hydrogen) atoms. The van der Waals surface area contributed by atoms with Crippen LogP contribution >= 0.6 is 0 Å². The SMILES string of the molecule is Cc1ccc(N2CC(c3nc(-c4ccc(OCC(C)C)cc4)no3)CC2=O)cc1C. The van der Waals surface area contributed by atoms with Gasteiger partial charge in [0, 0.05) is 24.2 Å². The number of anilines is 1. The Morgan fingerprint density at radius 2 is 1.90 bits per heavy atom. The van der Waals surface area contributed by atoms with Gasteiger partial charge in [-0.05, 0) is 67.3 Å². The predicted molar refractivity (Wildman–Crippen MR) is 116 cm³/mol. The first-order chi connectivity index (χ1) is 14.4. The Bertz CT molecular complexity index is 1040. The molecular formula is C24H27N3O3. The van der Waals surface area contributed by atoms with E-state index in [4.69, 9.17) is 9.26 Å². The number of nitrogens with zero attached hydrogens (tertiary/aromatic N) is 3. The Kier molecular flexibility index (Phi) is 5.57. The minimum absolute atomic E-state index is 0.0784. The van der Waals surface area contributed by atoms with Gasteiger partial charge in [-0.25, -0.2) is 0 Å². The Morgan fingerprint density at radius 1 is 1.13 bits per heavy atom. The summed E-state index contributed by atoms with van der Waals surface area (Å²) < 4.78 is 11.2. The number of rotatable bonds is 6. The molecule has 3 aromatic rings. The first-order valence-electron chi connectivity index (χ1n) is 10.3. The molecule has 0 N–H and O–H groups in total. The number of amides is 1. The van der Waals surface area contributed by atoms with E-state index in [-0.39, 0.29) is 11.8 Å². The third-order valence-corrected chi connectivity index (χ3v) is 5.41. The van der Waals surface area contributed by atoms with E-state index in [0.29, 0.717) is 37.2 Å². The Balaban J connectivity index is 1.46. The highest BCUT2D eigenvalue weighted by atomic mass is 16.5. The third kappa shape index (κ3) is 4.22. The lowest BCUT2D eigenvalue weighted by Crippen LogP contribution is -2.24. The molecular weight excluding hydrogens is 378 g/mol. The quantitative estimate of drug-likeness (QED) is 0.583. The summed E-state index contributed by atoms with van der Waals surface area (Å²) >= 11 is 0. The molecule has 6 heteroatoms. The van der Waals surface area contributed by atoms with Crippen molar-refractivity contribution in [3.63, 3.8) is 0 Å². The van der Waals surface area contributed by atoms with Gasteiger partial charge in [0.15, 0.2) is 0 Å². The molecule has 156 valence electrons. The summed E-state index contributed by atoms with van der Waals surface area (Å²) in [6.45, 7) is 9.58. The highest BCUT2D eigenvalue weighted by Gasteiger charge is 2.35. The van der Waals surface area contributed by atoms with Crippen molar-refractivity contribution in [3.05, 3.63) is 59.5 Å². The van der Waals surface area contributed by atoms with Gasteiger partial charge < -0.3 is 14.2 Å². The van der Waals surface area contributed by atoms with Gasteiger partial charge in [0.1, 0.15) is 5.75 Å². The standard InChI is InChI=1S/C24H27N3O3/c1-15(2)14-29-21-9-6-18(7-10-21)23-25-24(30-26-23)19-12-22(28)27(13-19)20-8-5-16(3)17(4)11-20/h5-11,15,19H,12-14H2,1-4H3. The average Bonchev–Trinajstić information content (AvgIpc) is 3.36. The van der Waals surface area contributed by atoms with Crippen molar-refractivity contribution >= 4 is 11.6 Å². The molecule has 4 rings (SSSR count). The normalized spacial score (nSPS) is 16.5. The number of carbonyl (C=O) groups is 1. The molecule has 1 atom stereocenters. The summed E-state index contributed by atoms with van der Waals surface area (Å²) in [5.74, 6) is 2.30. The molecule has 0 bridgehead atoms. The average molecular weight is 405 g/mol. The van der Waals surface area contributed by atoms with E-state index in [9.17, 15) is 4.79 Å². The summed E-state index contributed by atoms with van der Waals surface area (Å²) in [4.78, 5) is 19.0. The van der Waals surface area contributed by atoms with Crippen LogP contribution in [0.3, 0.4) is 0 Å². The third-order valence-electron chi connectivity index (χ3n) is 5.41. The van der Waals surface area contributed by atoms with Crippen LogP contribution in [0.25, 0.3) is 11.4 Å². The summed E-state index contributed by atoms with van der Waals surface area (Å²) in [7, 11) is 0. The molecule has 1 aliphatic heterocycles. The molecule has 1 aromatic heterocycles. The lowest BCUT2D eigenvalue weighted by molar-refractivity contribution is -0.117. The van der Waals surface area contributed by atoms with Crippen molar-refractivity contribution in [3.8, 4) is 17.1 Å². The Labute approximate surface area is 176 Å². The second kappa shape index (κ2) is 8.30. The first kappa shape index (κ1) is 20.1. The van der Waals surface area contributed by atoms with Crippen molar-refractivity contribution in [2.75, 3.05) is 18.1 Å². The van der Waals surface area contributed by atoms with Crippen molar-refractivity contribution in [1.82, 2.24) is 10.1 Å². The lowest BCUT2D eigenvalue weighted by atomic mass is 10.1. The van der Waals surface area contributed by atoms with Gasteiger partial charge in [-0.2, -0.15) is 4.98 Å². The van der Waals surface area contributed by atoms with Gasteiger partial charge in [0.25, 0.3) is 0 Å². The number of carbonyl (C=O) groups excluding carboxylic acids is 1. The zero-order valence-electron chi connectivity index (χ0n) is 17.9. The smallest absolute Gasteiger partial charge is 0.232 e. The minimum atomic E-state index is -0.103. The van der Waals surface area contributed by atoms with E-state index < -0.39 is 0 Å². The van der Waals surface area contributed by atoms with E-state index in [1.165, 1.54) is 11.1 Å². The summed E-state index contributed by atoms with van der Waals surface area (Å²) in [5.41, 5.74) is 4.16. The van der Waals surface area contributed by atoms with Gasteiger partial charge >= 0.3 is 0 Å². The molecule has 0 aliphatic carbocycles. The Hall–Kier alpha value is -3.15. The maximum absolute atomic E-state index is 12.6. The zero-order chi connectivity index (χ0) is 21.3. The predicted octanol–water partition coefficient (Wildman–Crippen LogP) is 4.91. The van der Waals surface area contributed by atoms with Crippen LogP contribution in [0.5, 0.6) is 5.75 Å². The Morgan fingerprint density at radius 3 is 2.60 bits per heavy atom. The van der Waals surface area contributed by atoms with Gasteiger partial charge in [0.05, 0.1) is 12.5 Å². The molecule has 2 aromatic carbocycles. The van der Waals surface area contributed by atoms with Crippen molar-refractivity contribution in [2.45, 2.75) is 40.0 Å². The van der Waals surface area contributed by atoms with Crippen molar-refractivity contribution in [1.29, 1.82) is 0 Å². The van der Waals surface area contributed by atoms with E-state index in [2.05, 4.69) is 43.9 Å². The number of aromatic nitrogens is 2. The fourth-order valence-corrected chi connectivity index (χ4v) is 3.50. The fraction of sp³-hybridized carbons (Fsp3) is 0.375. The number of aryl methyl sites for hydroxylation is 2. The van der Waals surface area contributed by atoms with Gasteiger partial charge in [-0.3, -0.25) is 4.79 Å². The molecule has 0 spiro atoms. The summed E-state index contributed by atoms with van der Waals surface area (Å²) in [5, 5.41) is 4.13. The number of benzene rings is 2. The molecule has 0 saturated carbocycles. The largest absolute Gasteiger partial charge is 0.493 e. The van der Waals surface area contributed by atoms with Crippen LogP contribution in [0.4, 0.5) is 5.69 Å². The molecule has 1 saturated heterocycles. The van der Waals surface area contributed by atoms with Gasteiger partial charge in [0.2, 0.25) is 17.6 Å². The molecule has 6 nitrogen and oxygen atoms in total. The van der Waals surface area contributed by atoms with E-state index >= 15 is 0 Å². The molecule has 1 aliphatic rings. The van der Waals surface area contributed by atoms with Crippen LogP contribution < -0.4 is 9.64 Å². The van der Waals surface area contributed by atoms with E-state index in [1.54, 1.807) is 0 Å². The van der Waals surface area contributed by atoms with Crippen LogP contribution in [0.1, 0.15) is 43.2 Å². The molecule has 1 unspecified atom stereocenters. The van der Waals surface area contributed by atoms with E-state index in [1.807, 2.05) is 41.3 Å². The van der Waals surface area contributed by atoms with Crippen LogP contribution in [0, 0.1) is 19.8 Å². The monoisotopic (exact) mass is 405 g/mol. The minimum Gasteiger partial charge on any atom is -0.493 e. The zero-order valence-corrected chi connectivity index (χ0v) is 17.9. The summed E-state index contributed by atoms with van der Waals surface area (Å²) in [6, 6.07) is 13.8. The highest BCUT2D eigenvalue weighted by Crippen LogP contribution is 2.33. The number of hydrogen-bond acceptors (Lipinski definition) is 5. The molecule has 1 amide bonds. The van der Waals surface area contributed by atoms with Crippen LogP contribution in [0.15, 0.2) is 47.0 Å². The van der Waals surface area contributed by atoms with Gasteiger partial charge in [-0.1, -0.05) is 25.1 Å². The fourth-order valence-electron chi connectivity index (χ4n) is 3.50. The molecule has 1 fully saturated rings. The number of ether oxygens (including phenoxy) is 1. The second-order valence-corrected chi connectivity index (χ2v) is 8.36. The molecule has 0 radical (unpaired) electrons. The summed E-state index contributed by atoms with van der Waals surface area (Å²) in [6.07, 6.45) is 0.372. The maximum atomic E-state index is 12.6. The van der Waals surface area contributed by atoms with Crippen molar-refractivity contribution in [2.24, 2.45) is 5.92 Å². The first-order valence-corrected chi connectivity index (χ1v) is 10.3. The highest BCUT2D eigenvalue weighted by molar-refractivity contribution is 5.96. The molecule has 2 heterocycles. The van der Waals surface area contributed by atoms with Crippen LogP contribution in [-0.2, 0) is 4.79 Å². The van der Waals surface area contributed by atoms with Crippen LogP contribution in [0.2, 0.25) is 0 Å². The van der Waals surface area contributed by atoms with Crippen molar-refractivity contribution < 1.29 is 14.1 Å². The topological polar surface area (TPSA) is 68.5 Å². The number of hydrogen-bond donors (Lipinski definition) is 0. The van der Waals surface area contributed by atoms with Crippen LogP contribution in [-0.4, -0.2) is 29.2 Å². The van der Waals surface area contributed by atoms with E-state index in [0.717, 1.165) is 17.0 Å². The van der Waals surface area contributed by atoms with Gasteiger partial charge in [-0.15, -0.1) is 0 Å².